The first-order valence-corrected chi connectivity index (χ1v) is 12.8. The molecular formula is C23H25NO5S2. The summed E-state index contributed by atoms with van der Waals surface area (Å²) in [6.07, 6.45) is 3.26. The number of carboxylic acid groups (broad SMARTS) is 1. The zero-order valence-electron chi connectivity index (χ0n) is 17.6. The van der Waals surface area contributed by atoms with Crippen LogP contribution in [-0.4, -0.2) is 48.3 Å². The van der Waals surface area contributed by atoms with E-state index in [0.29, 0.717) is 5.56 Å². The summed E-state index contributed by atoms with van der Waals surface area (Å²) in [5.41, 5.74) is 3.78. The zero-order valence-corrected chi connectivity index (χ0v) is 19.2. The maximum absolute atomic E-state index is 11.9. The monoisotopic (exact) mass is 459 g/mol. The Balaban J connectivity index is 2.22. The van der Waals surface area contributed by atoms with Gasteiger partial charge in [-0.1, -0.05) is 12.1 Å². The molecule has 0 saturated heterocycles. The van der Waals surface area contributed by atoms with Gasteiger partial charge in [-0.15, -0.1) is 11.8 Å². The van der Waals surface area contributed by atoms with Crippen LogP contribution in [0.1, 0.15) is 23.6 Å². The van der Waals surface area contributed by atoms with E-state index < -0.39 is 21.7 Å². The number of aliphatic carboxylic acids is 1. The van der Waals surface area contributed by atoms with E-state index in [0.717, 1.165) is 33.8 Å². The number of hydrogen-bond acceptors (Lipinski definition) is 5. The first kappa shape index (κ1) is 23.1. The van der Waals surface area contributed by atoms with Gasteiger partial charge in [-0.2, -0.15) is 0 Å². The van der Waals surface area contributed by atoms with Crippen molar-refractivity contribution in [3.63, 3.8) is 0 Å². The molecule has 0 bridgehead atoms. The molecule has 8 heteroatoms. The molecule has 164 valence electrons. The van der Waals surface area contributed by atoms with E-state index in [1.54, 1.807) is 36.0 Å². The lowest BCUT2D eigenvalue weighted by molar-refractivity contribution is -0.139. The maximum atomic E-state index is 11.9. The van der Waals surface area contributed by atoms with Gasteiger partial charge in [0.25, 0.3) is 0 Å². The Hall–Kier alpha value is -2.55. The summed E-state index contributed by atoms with van der Waals surface area (Å²) in [4.78, 5) is 13.2. The second kappa shape index (κ2) is 9.30. The molecule has 0 radical (unpaired) electrons. The summed E-state index contributed by atoms with van der Waals surface area (Å²) < 4.78 is 25.6. The highest BCUT2D eigenvalue weighted by Gasteiger charge is 2.26. The molecule has 31 heavy (non-hydrogen) atoms. The summed E-state index contributed by atoms with van der Waals surface area (Å²) in [7, 11) is -3.32. The summed E-state index contributed by atoms with van der Waals surface area (Å²) in [5.74, 6) is -1.84. The molecule has 0 fully saturated rings. The van der Waals surface area contributed by atoms with Gasteiger partial charge in [0.05, 0.1) is 16.5 Å². The van der Waals surface area contributed by atoms with Crippen molar-refractivity contribution >= 4 is 27.6 Å². The zero-order chi connectivity index (χ0) is 22.8. The molecule has 0 saturated carbocycles. The Labute approximate surface area is 186 Å². The third-order valence-electron chi connectivity index (χ3n) is 5.29. The number of hydrogen-bond donors (Lipinski definition) is 2. The van der Waals surface area contributed by atoms with Gasteiger partial charge in [-0.05, 0) is 73.2 Å². The first-order valence-electron chi connectivity index (χ1n) is 9.68. The molecule has 3 rings (SSSR count). The Morgan fingerprint density at radius 3 is 2.19 bits per heavy atom. The average Bonchev–Trinajstić information content (AvgIpc) is 3.08. The highest BCUT2D eigenvalue weighted by atomic mass is 32.2. The molecule has 6 nitrogen and oxygen atoms in total. The van der Waals surface area contributed by atoms with Crippen LogP contribution in [0.2, 0.25) is 0 Å². The number of benzene rings is 2. The molecule has 2 N–H and O–H groups in total. The minimum atomic E-state index is -3.32. The molecule has 0 spiro atoms. The molecule has 0 aliphatic carbocycles. The number of nitrogens with zero attached hydrogens (tertiary/aromatic N) is 1. The van der Waals surface area contributed by atoms with Gasteiger partial charge in [0.2, 0.25) is 0 Å². The normalized spacial score (nSPS) is 12.6. The van der Waals surface area contributed by atoms with Crippen LogP contribution in [0.4, 0.5) is 0 Å². The van der Waals surface area contributed by atoms with Crippen LogP contribution >= 0.6 is 11.8 Å². The number of carbonyl (C=O) groups is 1. The van der Waals surface area contributed by atoms with E-state index >= 15 is 0 Å². The molecule has 1 unspecified atom stereocenters. The van der Waals surface area contributed by atoms with E-state index in [4.69, 9.17) is 0 Å². The minimum Gasteiger partial charge on any atom is -0.481 e. The maximum Gasteiger partial charge on any atom is 0.311 e. The first-order chi connectivity index (χ1) is 14.7. The van der Waals surface area contributed by atoms with Gasteiger partial charge in [-0.25, -0.2) is 8.42 Å². The Morgan fingerprint density at radius 1 is 1.10 bits per heavy atom. The number of aromatic nitrogens is 1. The van der Waals surface area contributed by atoms with Crippen molar-refractivity contribution in [2.75, 3.05) is 19.1 Å². The summed E-state index contributed by atoms with van der Waals surface area (Å²) in [6.45, 7) is 1.63. The standard InChI is InChI=1S/C23H25NO5S2/c1-15-21(20(12-13-25)23(26)27)14-22(16-4-10-19(11-5-16)31(3,28)29)24(15)17-6-8-18(30-2)9-7-17/h4-11,14,20,25H,12-13H2,1-3H3,(H,26,27). The predicted molar refractivity (Wildman–Crippen MR) is 123 cm³/mol. The summed E-state index contributed by atoms with van der Waals surface area (Å²) in [6, 6.07) is 16.3. The van der Waals surface area contributed by atoms with Crippen LogP contribution in [0.3, 0.4) is 0 Å². The Morgan fingerprint density at radius 2 is 1.71 bits per heavy atom. The number of sulfone groups is 1. The van der Waals surface area contributed by atoms with Gasteiger partial charge >= 0.3 is 5.97 Å². The molecule has 0 aliphatic heterocycles. The fourth-order valence-electron chi connectivity index (χ4n) is 3.67. The highest BCUT2D eigenvalue weighted by Crippen LogP contribution is 2.35. The molecule has 1 heterocycles. The van der Waals surface area contributed by atoms with Crippen molar-refractivity contribution in [3.8, 4) is 16.9 Å². The van der Waals surface area contributed by atoms with Crippen molar-refractivity contribution in [1.82, 2.24) is 4.57 Å². The van der Waals surface area contributed by atoms with Gasteiger partial charge < -0.3 is 14.8 Å². The topological polar surface area (TPSA) is 96.6 Å². The molecule has 0 amide bonds. The third kappa shape index (κ3) is 4.87. The molecular weight excluding hydrogens is 434 g/mol. The minimum absolute atomic E-state index is 0.109. The fraction of sp³-hybridized carbons (Fsp3) is 0.261. The number of aliphatic hydroxyl groups excluding tert-OH is 1. The van der Waals surface area contributed by atoms with Crippen LogP contribution in [0, 0.1) is 6.92 Å². The van der Waals surface area contributed by atoms with Crippen LogP contribution in [0.15, 0.2) is 64.4 Å². The van der Waals surface area contributed by atoms with E-state index in [2.05, 4.69) is 0 Å². The van der Waals surface area contributed by atoms with Gasteiger partial charge in [0.15, 0.2) is 9.84 Å². The quantitative estimate of drug-likeness (QED) is 0.492. The van der Waals surface area contributed by atoms with Crippen LogP contribution in [-0.2, 0) is 14.6 Å². The molecule has 1 aromatic heterocycles. The predicted octanol–water partition coefficient (Wildman–Crippen LogP) is 4.13. The Kier molecular flexibility index (Phi) is 6.93. The SMILES string of the molecule is CSc1ccc(-n2c(-c3ccc(S(C)(=O)=O)cc3)cc(C(CCO)C(=O)O)c2C)cc1. The van der Waals surface area contributed by atoms with Gasteiger partial charge in [-0.3, -0.25) is 4.79 Å². The summed E-state index contributed by atoms with van der Waals surface area (Å²) >= 11 is 1.63. The molecule has 2 aromatic carbocycles. The smallest absolute Gasteiger partial charge is 0.311 e. The number of thioether (sulfide) groups is 1. The third-order valence-corrected chi connectivity index (χ3v) is 7.16. The second-order valence-electron chi connectivity index (χ2n) is 7.30. The number of aliphatic hydroxyl groups is 1. The number of rotatable bonds is 8. The van der Waals surface area contributed by atoms with Crippen LogP contribution in [0.5, 0.6) is 0 Å². The lowest BCUT2D eigenvalue weighted by atomic mass is 9.96. The van der Waals surface area contributed by atoms with Crippen LogP contribution in [0.25, 0.3) is 16.9 Å². The van der Waals surface area contributed by atoms with Crippen molar-refractivity contribution < 1.29 is 23.4 Å². The molecule has 3 aromatic rings. The van der Waals surface area contributed by atoms with E-state index in [9.17, 15) is 23.4 Å². The van der Waals surface area contributed by atoms with Crippen molar-refractivity contribution in [3.05, 3.63) is 65.9 Å². The lowest BCUT2D eigenvalue weighted by Gasteiger charge is -2.15. The second-order valence-corrected chi connectivity index (χ2v) is 10.2. The fourth-order valence-corrected chi connectivity index (χ4v) is 4.71. The Bertz CT molecular complexity index is 1180. The highest BCUT2D eigenvalue weighted by molar-refractivity contribution is 7.98. The average molecular weight is 460 g/mol. The van der Waals surface area contributed by atoms with Crippen molar-refractivity contribution in [2.24, 2.45) is 0 Å². The van der Waals surface area contributed by atoms with E-state index in [-0.39, 0.29) is 17.9 Å². The van der Waals surface area contributed by atoms with E-state index in [1.165, 1.54) is 0 Å². The molecule has 1 atom stereocenters. The van der Waals surface area contributed by atoms with Gasteiger partial charge in [0, 0.05) is 29.1 Å². The van der Waals surface area contributed by atoms with E-state index in [1.807, 2.05) is 48.1 Å². The lowest BCUT2D eigenvalue weighted by Crippen LogP contribution is -2.14. The van der Waals surface area contributed by atoms with Crippen molar-refractivity contribution in [1.29, 1.82) is 0 Å². The van der Waals surface area contributed by atoms with Crippen LogP contribution < -0.4 is 0 Å². The number of carboxylic acids is 1. The van der Waals surface area contributed by atoms with Gasteiger partial charge in [0.1, 0.15) is 0 Å². The summed E-state index contributed by atoms with van der Waals surface area (Å²) in [5, 5.41) is 19.1. The largest absolute Gasteiger partial charge is 0.481 e. The van der Waals surface area contributed by atoms with Crippen molar-refractivity contribution in [2.45, 2.75) is 29.1 Å². The molecule has 0 aliphatic rings.